The molecule has 0 radical (unpaired) electrons. The third-order valence-electron chi connectivity index (χ3n) is 2.20. The number of aliphatic hydroxyl groups excluding tert-OH is 1. The zero-order valence-corrected chi connectivity index (χ0v) is 8.95. The number of fused-ring (bicyclic) bond motifs is 1. The molecular formula is C10H11ClN2O2. The van der Waals surface area contributed by atoms with Crippen LogP contribution in [0.1, 0.15) is 17.5 Å². The van der Waals surface area contributed by atoms with Crippen LogP contribution in [0.4, 0.5) is 0 Å². The van der Waals surface area contributed by atoms with Crippen LogP contribution in [-0.4, -0.2) is 16.7 Å². The Hall–Kier alpha value is -1.10. The molecular weight excluding hydrogens is 216 g/mol. The molecule has 4 nitrogen and oxygen atoms in total. The van der Waals surface area contributed by atoms with Crippen molar-refractivity contribution in [3.8, 4) is 0 Å². The van der Waals surface area contributed by atoms with Gasteiger partial charge in [-0.25, -0.2) is 4.98 Å². The maximum Gasteiger partial charge on any atom is 0.192 e. The predicted octanol–water partition coefficient (Wildman–Crippen LogP) is 1.78. The normalized spacial score (nSPS) is 13.3. The second kappa shape index (κ2) is 3.81. The van der Waals surface area contributed by atoms with E-state index in [1.807, 2.05) is 0 Å². The van der Waals surface area contributed by atoms with E-state index in [-0.39, 0.29) is 6.61 Å². The molecule has 2 rings (SSSR count). The Morgan fingerprint density at radius 1 is 1.60 bits per heavy atom. The fraction of sp³-hybridized carbons (Fsp3) is 0.300. The standard InChI is InChI=1S/C10H11ClN2O2/c1-5-13-10-7(11)2-6(8(12)4-14)3-9(10)15-5/h2-3,8,14H,4,12H2,1H3. The van der Waals surface area contributed by atoms with Crippen molar-refractivity contribution >= 4 is 22.7 Å². The second-order valence-corrected chi connectivity index (χ2v) is 3.78. The molecule has 0 bridgehead atoms. The van der Waals surface area contributed by atoms with Gasteiger partial charge in [-0.15, -0.1) is 0 Å². The summed E-state index contributed by atoms with van der Waals surface area (Å²) in [6.07, 6.45) is 0. The number of hydrogen-bond acceptors (Lipinski definition) is 4. The van der Waals surface area contributed by atoms with Crippen molar-refractivity contribution in [2.24, 2.45) is 5.73 Å². The molecule has 0 fully saturated rings. The SMILES string of the molecule is Cc1nc2c(Cl)cc(C(N)CO)cc2o1. The highest BCUT2D eigenvalue weighted by atomic mass is 35.5. The lowest BCUT2D eigenvalue weighted by Crippen LogP contribution is -2.14. The molecule has 0 saturated carbocycles. The summed E-state index contributed by atoms with van der Waals surface area (Å²) in [5.41, 5.74) is 7.66. The highest BCUT2D eigenvalue weighted by Crippen LogP contribution is 2.27. The summed E-state index contributed by atoms with van der Waals surface area (Å²) in [7, 11) is 0. The molecule has 1 unspecified atom stereocenters. The van der Waals surface area contributed by atoms with Crippen LogP contribution in [0.5, 0.6) is 0 Å². The minimum Gasteiger partial charge on any atom is -0.441 e. The molecule has 0 saturated heterocycles. The molecule has 1 aromatic carbocycles. The van der Waals surface area contributed by atoms with Crippen molar-refractivity contribution in [1.29, 1.82) is 0 Å². The Kier molecular flexibility index (Phi) is 2.65. The Labute approximate surface area is 91.7 Å². The van der Waals surface area contributed by atoms with Gasteiger partial charge in [0, 0.05) is 6.92 Å². The molecule has 5 heteroatoms. The van der Waals surface area contributed by atoms with Crippen LogP contribution in [0.15, 0.2) is 16.5 Å². The number of benzene rings is 1. The summed E-state index contributed by atoms with van der Waals surface area (Å²) >= 11 is 6.02. The molecule has 15 heavy (non-hydrogen) atoms. The summed E-state index contributed by atoms with van der Waals surface area (Å²) < 4.78 is 5.35. The molecule has 1 atom stereocenters. The number of aryl methyl sites for hydroxylation is 1. The molecule has 0 aliphatic heterocycles. The van der Waals surface area contributed by atoms with E-state index in [4.69, 9.17) is 26.9 Å². The molecule has 2 aromatic rings. The van der Waals surface area contributed by atoms with Gasteiger partial charge in [-0.2, -0.15) is 0 Å². The molecule has 80 valence electrons. The van der Waals surface area contributed by atoms with Crippen LogP contribution in [0.3, 0.4) is 0 Å². The molecule has 0 aliphatic carbocycles. The van der Waals surface area contributed by atoms with Crippen molar-refractivity contribution in [2.75, 3.05) is 6.61 Å². The summed E-state index contributed by atoms with van der Waals surface area (Å²) in [6, 6.07) is 3.01. The fourth-order valence-corrected chi connectivity index (χ4v) is 1.70. The maximum absolute atomic E-state index is 8.94. The Balaban J connectivity index is 2.61. The smallest absolute Gasteiger partial charge is 0.192 e. The molecule has 0 spiro atoms. The van der Waals surface area contributed by atoms with E-state index in [0.29, 0.717) is 22.0 Å². The first-order chi connectivity index (χ1) is 7.11. The predicted molar refractivity (Wildman–Crippen MR) is 57.8 cm³/mol. The molecule has 1 heterocycles. The average molecular weight is 227 g/mol. The molecule has 3 N–H and O–H groups in total. The van der Waals surface area contributed by atoms with E-state index >= 15 is 0 Å². The lowest BCUT2D eigenvalue weighted by Gasteiger charge is -2.08. The zero-order chi connectivity index (χ0) is 11.0. The molecule has 0 aliphatic rings. The monoisotopic (exact) mass is 226 g/mol. The first-order valence-corrected chi connectivity index (χ1v) is 4.92. The fourth-order valence-electron chi connectivity index (χ4n) is 1.44. The molecule has 0 amide bonds. The van der Waals surface area contributed by atoms with Crippen molar-refractivity contribution < 1.29 is 9.52 Å². The van der Waals surface area contributed by atoms with Crippen molar-refractivity contribution in [3.05, 3.63) is 28.6 Å². The number of nitrogens with zero attached hydrogens (tertiary/aromatic N) is 1. The number of aliphatic hydroxyl groups is 1. The second-order valence-electron chi connectivity index (χ2n) is 3.37. The van der Waals surface area contributed by atoms with E-state index < -0.39 is 6.04 Å². The quantitative estimate of drug-likeness (QED) is 0.819. The number of hydrogen-bond donors (Lipinski definition) is 2. The van der Waals surface area contributed by atoms with Crippen LogP contribution in [0.25, 0.3) is 11.1 Å². The van der Waals surface area contributed by atoms with Crippen molar-refractivity contribution in [1.82, 2.24) is 4.98 Å². The van der Waals surface area contributed by atoms with Gasteiger partial charge in [-0.3, -0.25) is 0 Å². The molecule has 1 aromatic heterocycles. The largest absolute Gasteiger partial charge is 0.441 e. The van der Waals surface area contributed by atoms with E-state index in [0.717, 1.165) is 5.56 Å². The van der Waals surface area contributed by atoms with Gasteiger partial charge in [0.15, 0.2) is 11.5 Å². The van der Waals surface area contributed by atoms with Gasteiger partial charge in [0.1, 0.15) is 5.52 Å². The highest BCUT2D eigenvalue weighted by molar-refractivity contribution is 6.34. The van der Waals surface area contributed by atoms with Crippen LogP contribution in [0, 0.1) is 6.92 Å². The van der Waals surface area contributed by atoms with Crippen LogP contribution < -0.4 is 5.73 Å². The van der Waals surface area contributed by atoms with E-state index in [1.54, 1.807) is 19.1 Å². The Morgan fingerprint density at radius 2 is 2.33 bits per heavy atom. The van der Waals surface area contributed by atoms with Gasteiger partial charge in [0.05, 0.1) is 17.7 Å². The number of aromatic nitrogens is 1. The highest BCUT2D eigenvalue weighted by Gasteiger charge is 2.12. The first-order valence-electron chi connectivity index (χ1n) is 4.55. The van der Waals surface area contributed by atoms with Gasteiger partial charge in [0.25, 0.3) is 0 Å². The van der Waals surface area contributed by atoms with E-state index in [1.165, 1.54) is 0 Å². The summed E-state index contributed by atoms with van der Waals surface area (Å²) in [5.74, 6) is 0.557. The van der Waals surface area contributed by atoms with E-state index in [9.17, 15) is 0 Å². The Bertz CT molecular complexity index is 495. The van der Waals surface area contributed by atoms with Crippen molar-refractivity contribution in [3.63, 3.8) is 0 Å². The van der Waals surface area contributed by atoms with Crippen molar-refractivity contribution in [2.45, 2.75) is 13.0 Å². The first kappa shape index (κ1) is 10.4. The van der Waals surface area contributed by atoms with Gasteiger partial charge in [-0.1, -0.05) is 11.6 Å². The third-order valence-corrected chi connectivity index (χ3v) is 2.49. The third kappa shape index (κ3) is 1.84. The zero-order valence-electron chi connectivity index (χ0n) is 8.20. The van der Waals surface area contributed by atoms with Gasteiger partial charge < -0.3 is 15.3 Å². The number of halogens is 1. The summed E-state index contributed by atoms with van der Waals surface area (Å²) in [6.45, 7) is 1.62. The van der Waals surface area contributed by atoms with Gasteiger partial charge in [0.2, 0.25) is 0 Å². The van der Waals surface area contributed by atoms with E-state index in [2.05, 4.69) is 4.98 Å². The van der Waals surface area contributed by atoms with Crippen LogP contribution in [-0.2, 0) is 0 Å². The maximum atomic E-state index is 8.94. The summed E-state index contributed by atoms with van der Waals surface area (Å²) in [5, 5.41) is 9.43. The number of rotatable bonds is 2. The number of oxazole rings is 1. The van der Waals surface area contributed by atoms with Crippen LogP contribution >= 0.6 is 11.6 Å². The van der Waals surface area contributed by atoms with Crippen LogP contribution in [0.2, 0.25) is 5.02 Å². The van der Waals surface area contributed by atoms with Gasteiger partial charge >= 0.3 is 0 Å². The average Bonchev–Trinajstić information content (AvgIpc) is 2.58. The Morgan fingerprint density at radius 3 is 3.00 bits per heavy atom. The number of nitrogens with two attached hydrogens (primary N) is 1. The topological polar surface area (TPSA) is 72.3 Å². The lowest BCUT2D eigenvalue weighted by molar-refractivity contribution is 0.268. The van der Waals surface area contributed by atoms with Gasteiger partial charge in [-0.05, 0) is 17.7 Å². The minimum atomic E-state index is -0.447. The lowest BCUT2D eigenvalue weighted by atomic mass is 10.1. The summed E-state index contributed by atoms with van der Waals surface area (Å²) in [4.78, 5) is 4.14. The minimum absolute atomic E-state index is 0.130.